The molecule has 2 rings (SSSR count). The molecule has 0 atom stereocenters. The summed E-state index contributed by atoms with van der Waals surface area (Å²) < 4.78 is 7.35. The Kier molecular flexibility index (Phi) is 4.17. The third-order valence-electron chi connectivity index (χ3n) is 2.69. The highest BCUT2D eigenvalue weighted by atomic mass is 16.5. The minimum Gasteiger partial charge on any atom is -0.480 e. The van der Waals surface area contributed by atoms with Crippen LogP contribution in [0.25, 0.3) is 0 Å². The molecule has 2 aromatic heterocycles. The zero-order valence-corrected chi connectivity index (χ0v) is 10.8. The second kappa shape index (κ2) is 6.05. The van der Waals surface area contributed by atoms with Crippen molar-refractivity contribution in [1.82, 2.24) is 14.5 Å². The van der Waals surface area contributed by atoms with Gasteiger partial charge in [-0.3, -0.25) is 0 Å². The highest BCUT2D eigenvalue weighted by Crippen LogP contribution is 2.20. The Morgan fingerprint density at radius 3 is 3.11 bits per heavy atom. The first-order valence-corrected chi connectivity index (χ1v) is 6.07. The van der Waals surface area contributed by atoms with Crippen LogP contribution in [0.2, 0.25) is 0 Å². The molecule has 0 radical (unpaired) electrons. The summed E-state index contributed by atoms with van der Waals surface area (Å²) in [5.41, 5.74) is 2.05. The van der Waals surface area contributed by atoms with E-state index < -0.39 is 0 Å². The number of rotatable bonds is 6. The Balaban J connectivity index is 2.04. The number of pyridine rings is 1. The van der Waals surface area contributed by atoms with E-state index in [-0.39, 0.29) is 0 Å². The van der Waals surface area contributed by atoms with Crippen LogP contribution in [0.4, 0.5) is 5.69 Å². The molecule has 2 heterocycles. The number of aromatic nitrogens is 3. The minimum atomic E-state index is 0.610. The van der Waals surface area contributed by atoms with Crippen LogP contribution >= 0.6 is 0 Å². The fourth-order valence-electron chi connectivity index (χ4n) is 1.81. The second-order valence-corrected chi connectivity index (χ2v) is 3.99. The molecule has 0 spiro atoms. The lowest BCUT2D eigenvalue weighted by Gasteiger charge is -2.11. The van der Waals surface area contributed by atoms with Gasteiger partial charge in [0.05, 0.1) is 31.4 Å². The maximum Gasteiger partial charge on any atom is 0.237 e. The molecule has 0 saturated heterocycles. The van der Waals surface area contributed by atoms with Crippen LogP contribution in [0.5, 0.6) is 5.88 Å². The number of anilines is 1. The Morgan fingerprint density at radius 2 is 2.33 bits per heavy atom. The van der Waals surface area contributed by atoms with E-state index in [9.17, 15) is 0 Å². The molecule has 1 N–H and O–H groups in total. The quantitative estimate of drug-likeness (QED) is 0.849. The summed E-state index contributed by atoms with van der Waals surface area (Å²) in [5, 5.41) is 3.32. The summed E-state index contributed by atoms with van der Waals surface area (Å²) in [4.78, 5) is 8.32. The SMILES string of the molecule is CCCn1cncc1CNc1cccnc1OC. The Hall–Kier alpha value is -2.04. The van der Waals surface area contributed by atoms with Crippen molar-refractivity contribution in [2.24, 2.45) is 0 Å². The molecule has 0 amide bonds. The van der Waals surface area contributed by atoms with Gasteiger partial charge in [0.1, 0.15) is 0 Å². The highest BCUT2D eigenvalue weighted by Gasteiger charge is 2.05. The Bertz CT molecular complexity index is 495. The van der Waals surface area contributed by atoms with E-state index in [1.807, 2.05) is 24.7 Å². The molecule has 0 unspecified atom stereocenters. The molecular formula is C13H18N4O. The fraction of sp³-hybridized carbons (Fsp3) is 0.385. The summed E-state index contributed by atoms with van der Waals surface area (Å²) in [7, 11) is 1.62. The van der Waals surface area contributed by atoms with E-state index in [2.05, 4.69) is 26.8 Å². The second-order valence-electron chi connectivity index (χ2n) is 3.99. The van der Waals surface area contributed by atoms with Gasteiger partial charge < -0.3 is 14.6 Å². The summed E-state index contributed by atoms with van der Waals surface area (Å²) in [6.07, 6.45) is 6.55. The lowest BCUT2D eigenvalue weighted by Crippen LogP contribution is -2.08. The van der Waals surface area contributed by atoms with Crippen molar-refractivity contribution in [3.8, 4) is 5.88 Å². The number of hydrogen-bond donors (Lipinski definition) is 1. The average Bonchev–Trinajstić information content (AvgIpc) is 2.84. The molecule has 5 nitrogen and oxygen atoms in total. The molecule has 0 aliphatic heterocycles. The monoisotopic (exact) mass is 246 g/mol. The fourth-order valence-corrected chi connectivity index (χ4v) is 1.81. The maximum absolute atomic E-state index is 5.20. The standard InChI is InChI=1S/C13H18N4O/c1-3-7-17-10-14-8-11(17)9-16-12-5-4-6-15-13(12)18-2/h4-6,8,10,16H,3,7,9H2,1-2H3. The lowest BCUT2D eigenvalue weighted by atomic mass is 10.3. The first kappa shape index (κ1) is 12.4. The number of aryl methyl sites for hydroxylation is 1. The van der Waals surface area contributed by atoms with Crippen molar-refractivity contribution >= 4 is 5.69 Å². The van der Waals surface area contributed by atoms with Crippen LogP contribution in [-0.2, 0) is 13.1 Å². The van der Waals surface area contributed by atoms with E-state index >= 15 is 0 Å². The number of ether oxygens (including phenoxy) is 1. The van der Waals surface area contributed by atoms with E-state index in [0.29, 0.717) is 12.4 Å². The third kappa shape index (κ3) is 2.80. The molecule has 0 aromatic carbocycles. The lowest BCUT2D eigenvalue weighted by molar-refractivity contribution is 0.399. The molecule has 0 aliphatic rings. The van der Waals surface area contributed by atoms with E-state index in [1.54, 1.807) is 13.3 Å². The van der Waals surface area contributed by atoms with Crippen molar-refractivity contribution in [3.63, 3.8) is 0 Å². The minimum absolute atomic E-state index is 0.610. The predicted octanol–water partition coefficient (Wildman–Crippen LogP) is 2.31. The van der Waals surface area contributed by atoms with Crippen LogP contribution in [-0.4, -0.2) is 21.6 Å². The molecule has 5 heteroatoms. The third-order valence-corrected chi connectivity index (χ3v) is 2.69. The van der Waals surface area contributed by atoms with Gasteiger partial charge in [-0.15, -0.1) is 0 Å². The van der Waals surface area contributed by atoms with Gasteiger partial charge in [0.15, 0.2) is 0 Å². The van der Waals surface area contributed by atoms with Gasteiger partial charge in [0.25, 0.3) is 0 Å². The molecular weight excluding hydrogens is 228 g/mol. The van der Waals surface area contributed by atoms with Crippen LogP contribution < -0.4 is 10.1 Å². The Morgan fingerprint density at radius 1 is 1.44 bits per heavy atom. The van der Waals surface area contributed by atoms with Crippen LogP contribution in [0.3, 0.4) is 0 Å². The highest BCUT2D eigenvalue weighted by molar-refractivity contribution is 5.51. The van der Waals surface area contributed by atoms with Crippen LogP contribution in [0, 0.1) is 0 Å². The molecule has 96 valence electrons. The molecule has 0 aliphatic carbocycles. The summed E-state index contributed by atoms with van der Waals surface area (Å²) in [6, 6.07) is 3.83. The van der Waals surface area contributed by atoms with Gasteiger partial charge in [-0.2, -0.15) is 0 Å². The predicted molar refractivity (Wildman–Crippen MR) is 70.6 cm³/mol. The average molecular weight is 246 g/mol. The van der Waals surface area contributed by atoms with E-state index in [0.717, 1.165) is 24.3 Å². The first-order chi connectivity index (χ1) is 8.85. The van der Waals surface area contributed by atoms with Crippen molar-refractivity contribution in [1.29, 1.82) is 0 Å². The molecule has 2 aromatic rings. The summed E-state index contributed by atoms with van der Waals surface area (Å²) in [5.74, 6) is 0.610. The topological polar surface area (TPSA) is 52.0 Å². The molecule has 18 heavy (non-hydrogen) atoms. The van der Waals surface area contributed by atoms with Crippen molar-refractivity contribution < 1.29 is 4.74 Å². The number of nitrogens with one attached hydrogen (secondary N) is 1. The summed E-state index contributed by atoms with van der Waals surface area (Å²) in [6.45, 7) is 3.85. The van der Waals surface area contributed by atoms with Gasteiger partial charge in [-0.1, -0.05) is 6.92 Å². The maximum atomic E-state index is 5.20. The van der Waals surface area contributed by atoms with Crippen LogP contribution in [0.1, 0.15) is 19.0 Å². The van der Waals surface area contributed by atoms with Crippen molar-refractivity contribution in [2.75, 3.05) is 12.4 Å². The zero-order chi connectivity index (χ0) is 12.8. The number of nitrogens with zero attached hydrogens (tertiary/aromatic N) is 3. The molecule has 0 fully saturated rings. The normalized spacial score (nSPS) is 10.3. The van der Waals surface area contributed by atoms with Gasteiger partial charge in [0.2, 0.25) is 5.88 Å². The number of hydrogen-bond acceptors (Lipinski definition) is 4. The molecule has 0 saturated carbocycles. The van der Waals surface area contributed by atoms with Crippen molar-refractivity contribution in [3.05, 3.63) is 36.5 Å². The van der Waals surface area contributed by atoms with Gasteiger partial charge in [0, 0.05) is 18.9 Å². The van der Waals surface area contributed by atoms with Gasteiger partial charge >= 0.3 is 0 Å². The van der Waals surface area contributed by atoms with E-state index in [1.165, 1.54) is 0 Å². The van der Waals surface area contributed by atoms with Crippen molar-refractivity contribution in [2.45, 2.75) is 26.4 Å². The number of methoxy groups -OCH3 is 1. The van der Waals surface area contributed by atoms with Gasteiger partial charge in [-0.25, -0.2) is 9.97 Å². The van der Waals surface area contributed by atoms with E-state index in [4.69, 9.17) is 4.74 Å². The first-order valence-electron chi connectivity index (χ1n) is 6.07. The number of imidazole rings is 1. The molecule has 0 bridgehead atoms. The largest absolute Gasteiger partial charge is 0.480 e. The smallest absolute Gasteiger partial charge is 0.237 e. The summed E-state index contributed by atoms with van der Waals surface area (Å²) >= 11 is 0. The zero-order valence-electron chi connectivity index (χ0n) is 10.8. The Labute approximate surface area is 107 Å². The van der Waals surface area contributed by atoms with Gasteiger partial charge in [-0.05, 0) is 18.6 Å². The van der Waals surface area contributed by atoms with Crippen LogP contribution in [0.15, 0.2) is 30.9 Å².